The van der Waals surface area contributed by atoms with Crippen molar-refractivity contribution in [2.75, 3.05) is 52.1 Å². The van der Waals surface area contributed by atoms with E-state index in [2.05, 4.69) is 36.2 Å². The maximum Gasteiger partial charge on any atom is 0.223 e. The van der Waals surface area contributed by atoms with Crippen LogP contribution in [0.15, 0.2) is 24.3 Å². The van der Waals surface area contributed by atoms with Crippen LogP contribution in [0.4, 0.5) is 0 Å². The first-order valence-corrected chi connectivity index (χ1v) is 12.5. The molecule has 0 aromatic heterocycles. The molecule has 2 fully saturated rings. The van der Waals surface area contributed by atoms with Gasteiger partial charge in [0.05, 0.1) is 5.75 Å². The molecule has 7 heteroatoms. The van der Waals surface area contributed by atoms with E-state index in [0.717, 1.165) is 45.4 Å². The number of piperidine rings is 1. The zero-order chi connectivity index (χ0) is 20.6. The van der Waals surface area contributed by atoms with Crippen LogP contribution in [0.25, 0.3) is 0 Å². The van der Waals surface area contributed by atoms with Crippen molar-refractivity contribution in [3.63, 3.8) is 0 Å². The van der Waals surface area contributed by atoms with Crippen molar-refractivity contribution in [1.29, 1.82) is 0 Å². The summed E-state index contributed by atoms with van der Waals surface area (Å²) in [5.74, 6) is 0.673. The number of fused-ring (bicyclic) bond motifs is 2. The van der Waals surface area contributed by atoms with Crippen LogP contribution >= 0.6 is 0 Å². The number of likely N-dealkylation sites (N-methyl/N-ethyl adjacent to an activating group) is 1. The van der Waals surface area contributed by atoms with Crippen LogP contribution in [0.3, 0.4) is 0 Å². The molecule has 1 aromatic carbocycles. The van der Waals surface area contributed by atoms with Gasteiger partial charge in [-0.15, -0.1) is 0 Å². The lowest BCUT2D eigenvalue weighted by atomic mass is 9.73. The summed E-state index contributed by atoms with van der Waals surface area (Å²) in [5, 5.41) is 0. The van der Waals surface area contributed by atoms with Crippen molar-refractivity contribution in [3.8, 4) is 0 Å². The van der Waals surface area contributed by atoms with Gasteiger partial charge < -0.3 is 9.80 Å². The molecule has 1 atom stereocenters. The molecule has 4 rings (SSSR count). The van der Waals surface area contributed by atoms with Crippen LogP contribution in [0.1, 0.15) is 49.7 Å². The molecule has 1 amide bonds. The van der Waals surface area contributed by atoms with Crippen LogP contribution < -0.4 is 0 Å². The lowest BCUT2D eigenvalue weighted by Gasteiger charge is -2.39. The molecule has 0 bridgehead atoms. The summed E-state index contributed by atoms with van der Waals surface area (Å²) in [6, 6.07) is 8.54. The highest BCUT2D eigenvalue weighted by molar-refractivity contribution is 7.89. The monoisotopic (exact) mass is 419 g/mol. The lowest BCUT2D eigenvalue weighted by molar-refractivity contribution is -0.133. The minimum atomic E-state index is -3.13. The third-order valence-corrected chi connectivity index (χ3v) is 9.21. The van der Waals surface area contributed by atoms with E-state index in [1.807, 2.05) is 4.90 Å². The molecule has 29 heavy (non-hydrogen) atoms. The van der Waals surface area contributed by atoms with Crippen LogP contribution in [-0.4, -0.2) is 80.5 Å². The first-order chi connectivity index (χ1) is 13.8. The first kappa shape index (κ1) is 20.8. The highest BCUT2D eigenvalue weighted by atomic mass is 32.2. The Labute approximate surface area is 174 Å². The second kappa shape index (κ2) is 8.00. The Balaban J connectivity index is 1.49. The number of benzene rings is 1. The van der Waals surface area contributed by atoms with E-state index >= 15 is 0 Å². The van der Waals surface area contributed by atoms with Crippen molar-refractivity contribution in [1.82, 2.24) is 14.1 Å². The number of hydrogen-bond donors (Lipinski definition) is 0. The van der Waals surface area contributed by atoms with E-state index in [9.17, 15) is 13.2 Å². The summed E-state index contributed by atoms with van der Waals surface area (Å²) >= 11 is 0. The van der Waals surface area contributed by atoms with Gasteiger partial charge in [-0.05, 0) is 55.7 Å². The first-order valence-electron chi connectivity index (χ1n) is 10.9. The van der Waals surface area contributed by atoms with Crippen molar-refractivity contribution >= 4 is 15.9 Å². The number of rotatable bonds is 4. The number of nitrogens with zero attached hydrogens (tertiary/aromatic N) is 3. The van der Waals surface area contributed by atoms with Gasteiger partial charge in [0, 0.05) is 45.7 Å². The van der Waals surface area contributed by atoms with Crippen LogP contribution in [-0.2, 0) is 20.2 Å². The smallest absolute Gasteiger partial charge is 0.223 e. The molecule has 1 aromatic rings. The van der Waals surface area contributed by atoms with E-state index < -0.39 is 10.0 Å². The number of hydrogen-bond acceptors (Lipinski definition) is 4. The van der Waals surface area contributed by atoms with Crippen LogP contribution in [0, 0.1) is 0 Å². The highest BCUT2D eigenvalue weighted by Gasteiger charge is 2.47. The summed E-state index contributed by atoms with van der Waals surface area (Å²) in [4.78, 5) is 17.3. The van der Waals surface area contributed by atoms with Gasteiger partial charge in [0.2, 0.25) is 15.9 Å². The average Bonchev–Trinajstić information content (AvgIpc) is 3.02. The summed E-state index contributed by atoms with van der Waals surface area (Å²) in [6.07, 6.45) is 3.23. The minimum Gasteiger partial charge on any atom is -0.340 e. The number of amides is 1. The fourth-order valence-electron chi connectivity index (χ4n) is 5.45. The Morgan fingerprint density at radius 3 is 2.38 bits per heavy atom. The predicted molar refractivity (Wildman–Crippen MR) is 114 cm³/mol. The Kier molecular flexibility index (Phi) is 5.75. The second-order valence-electron chi connectivity index (χ2n) is 8.96. The third-order valence-electron chi connectivity index (χ3n) is 7.32. The third kappa shape index (κ3) is 3.97. The maximum absolute atomic E-state index is 13.0. The molecule has 6 nitrogen and oxygen atoms in total. The van der Waals surface area contributed by atoms with Gasteiger partial charge in [0.1, 0.15) is 0 Å². The average molecular weight is 420 g/mol. The van der Waals surface area contributed by atoms with Crippen LogP contribution in [0.5, 0.6) is 0 Å². The van der Waals surface area contributed by atoms with Gasteiger partial charge in [0.25, 0.3) is 0 Å². The second-order valence-corrected chi connectivity index (χ2v) is 11.2. The summed E-state index contributed by atoms with van der Waals surface area (Å²) in [6.45, 7) is 6.41. The fraction of sp³-hybridized carbons (Fsp3) is 0.682. The lowest BCUT2D eigenvalue weighted by Crippen LogP contribution is -2.47. The topological polar surface area (TPSA) is 60.9 Å². The molecule has 2 saturated heterocycles. The molecule has 0 unspecified atom stereocenters. The number of carbonyl (C=O) groups excluding carboxylic acids is 1. The van der Waals surface area contributed by atoms with Gasteiger partial charge in [-0.1, -0.05) is 24.3 Å². The normalized spacial score (nSPS) is 25.3. The SMILES string of the molecule is CCS(=O)(=O)N1CCC2(CC1)C[C@H](CC(=O)N1CCN(C)CC1)c1ccccc12. The Bertz CT molecular complexity index is 854. The molecule has 0 N–H and O–H groups in total. The number of piperazine rings is 1. The molecule has 1 spiro atoms. The van der Waals surface area contributed by atoms with E-state index in [4.69, 9.17) is 0 Å². The minimum absolute atomic E-state index is 0.0173. The highest BCUT2D eigenvalue weighted by Crippen LogP contribution is 2.53. The van der Waals surface area contributed by atoms with Gasteiger partial charge >= 0.3 is 0 Å². The van der Waals surface area contributed by atoms with Gasteiger partial charge in [0.15, 0.2) is 0 Å². The predicted octanol–water partition coefficient (Wildman–Crippen LogP) is 2.02. The zero-order valence-corrected chi connectivity index (χ0v) is 18.5. The van der Waals surface area contributed by atoms with E-state index in [-0.39, 0.29) is 23.0 Å². The van der Waals surface area contributed by atoms with Gasteiger partial charge in [-0.2, -0.15) is 0 Å². The quantitative estimate of drug-likeness (QED) is 0.749. The zero-order valence-electron chi connectivity index (χ0n) is 17.6. The van der Waals surface area contributed by atoms with Crippen molar-refractivity contribution < 1.29 is 13.2 Å². The van der Waals surface area contributed by atoms with E-state index in [1.54, 1.807) is 11.2 Å². The Hall–Kier alpha value is -1.44. The number of carbonyl (C=O) groups is 1. The number of sulfonamides is 1. The largest absolute Gasteiger partial charge is 0.340 e. The molecule has 3 aliphatic rings. The summed E-state index contributed by atoms with van der Waals surface area (Å²) in [5.41, 5.74) is 2.68. The summed E-state index contributed by atoms with van der Waals surface area (Å²) < 4.78 is 26.2. The summed E-state index contributed by atoms with van der Waals surface area (Å²) in [7, 11) is -1.03. The molecule has 1 aliphatic carbocycles. The Morgan fingerprint density at radius 2 is 1.72 bits per heavy atom. The fourth-order valence-corrected chi connectivity index (χ4v) is 6.56. The van der Waals surface area contributed by atoms with Crippen molar-refractivity contribution in [2.24, 2.45) is 0 Å². The maximum atomic E-state index is 13.0. The molecule has 2 aliphatic heterocycles. The van der Waals surface area contributed by atoms with Gasteiger partial charge in [-0.25, -0.2) is 12.7 Å². The molecule has 160 valence electrons. The van der Waals surface area contributed by atoms with E-state index in [1.165, 1.54) is 11.1 Å². The van der Waals surface area contributed by atoms with E-state index in [0.29, 0.717) is 19.5 Å². The van der Waals surface area contributed by atoms with Gasteiger partial charge in [-0.3, -0.25) is 4.79 Å². The Morgan fingerprint density at radius 1 is 1.07 bits per heavy atom. The molecule has 0 saturated carbocycles. The molecular formula is C22H33N3O3S. The molecule has 0 radical (unpaired) electrons. The molecular weight excluding hydrogens is 386 g/mol. The van der Waals surface area contributed by atoms with Crippen LogP contribution in [0.2, 0.25) is 0 Å². The van der Waals surface area contributed by atoms with Crippen molar-refractivity contribution in [3.05, 3.63) is 35.4 Å². The standard InChI is InChI=1S/C22H33N3O3S/c1-3-29(27,28)25-10-8-22(9-11-25)17-18(19-6-4-5-7-20(19)22)16-21(26)24-14-12-23(2)13-15-24/h4-7,18H,3,8-17H2,1-2H3/t18-/m0/s1. The molecule has 2 heterocycles. The van der Waals surface area contributed by atoms with Crippen molar-refractivity contribution in [2.45, 2.75) is 43.9 Å².